The first-order valence-electron chi connectivity index (χ1n) is 7.95. The summed E-state index contributed by atoms with van der Waals surface area (Å²) in [6.45, 7) is 3.05. The number of likely N-dealkylation sites (tertiary alicyclic amines) is 1. The Hall–Kier alpha value is -1.75. The first-order valence-corrected chi connectivity index (χ1v) is 8.33. The molecular formula is C17H20ClNO4. The molecule has 1 heterocycles. The van der Waals surface area contributed by atoms with Crippen LogP contribution in [-0.2, 0) is 4.79 Å². The van der Waals surface area contributed by atoms with E-state index < -0.39 is 11.9 Å². The number of carbonyl (C=O) groups excluding carboxylic acids is 1. The van der Waals surface area contributed by atoms with Crippen molar-refractivity contribution in [1.29, 1.82) is 0 Å². The lowest BCUT2D eigenvalue weighted by molar-refractivity contribution is -0.142. The molecule has 23 heavy (non-hydrogen) atoms. The smallest absolute Gasteiger partial charge is 0.308 e. The summed E-state index contributed by atoms with van der Waals surface area (Å²) in [6, 6.07) is 4.93. The third-order valence-corrected chi connectivity index (χ3v) is 4.91. The lowest BCUT2D eigenvalue weighted by Gasteiger charge is -2.18. The van der Waals surface area contributed by atoms with Gasteiger partial charge in [-0.25, -0.2) is 0 Å². The summed E-state index contributed by atoms with van der Waals surface area (Å²) >= 11 is 5.97. The van der Waals surface area contributed by atoms with Crippen LogP contribution < -0.4 is 4.74 Å². The van der Waals surface area contributed by atoms with Gasteiger partial charge in [0.2, 0.25) is 0 Å². The number of benzene rings is 1. The third-order valence-electron chi connectivity index (χ3n) is 4.67. The fourth-order valence-corrected chi connectivity index (χ4v) is 3.54. The zero-order valence-corrected chi connectivity index (χ0v) is 13.8. The van der Waals surface area contributed by atoms with Crippen LogP contribution in [-0.4, -0.2) is 41.6 Å². The van der Waals surface area contributed by atoms with Crippen molar-refractivity contribution >= 4 is 23.5 Å². The highest BCUT2D eigenvalue weighted by Crippen LogP contribution is 2.44. The van der Waals surface area contributed by atoms with Crippen LogP contribution in [0.3, 0.4) is 0 Å². The Bertz CT molecular complexity index is 629. The van der Waals surface area contributed by atoms with Gasteiger partial charge in [0, 0.05) is 18.1 Å². The fraction of sp³-hybridized carbons (Fsp3) is 0.529. The molecular weight excluding hydrogens is 318 g/mol. The molecule has 124 valence electrons. The Morgan fingerprint density at radius 3 is 2.70 bits per heavy atom. The Labute approximate surface area is 140 Å². The summed E-state index contributed by atoms with van der Waals surface area (Å²) < 4.78 is 5.51. The number of rotatable bonds is 5. The predicted octanol–water partition coefficient (Wildman–Crippen LogP) is 2.92. The van der Waals surface area contributed by atoms with E-state index in [1.165, 1.54) is 0 Å². The van der Waals surface area contributed by atoms with Gasteiger partial charge in [0.1, 0.15) is 5.75 Å². The lowest BCUT2D eigenvalue weighted by Crippen LogP contribution is -2.30. The van der Waals surface area contributed by atoms with Crippen LogP contribution in [0.2, 0.25) is 5.02 Å². The van der Waals surface area contributed by atoms with Gasteiger partial charge in [0.05, 0.1) is 18.1 Å². The first-order chi connectivity index (χ1) is 11.0. The number of carboxylic acids is 1. The van der Waals surface area contributed by atoms with Crippen molar-refractivity contribution in [3.63, 3.8) is 0 Å². The molecule has 5 nitrogen and oxygen atoms in total. The molecule has 2 fully saturated rings. The highest BCUT2D eigenvalue weighted by Gasteiger charge is 2.47. The Kier molecular flexibility index (Phi) is 4.48. The van der Waals surface area contributed by atoms with Gasteiger partial charge in [0.25, 0.3) is 5.91 Å². The number of nitrogens with zero attached hydrogens (tertiary/aromatic N) is 1. The molecule has 1 aromatic carbocycles. The second-order valence-corrected chi connectivity index (χ2v) is 6.67. The molecule has 2 atom stereocenters. The maximum absolute atomic E-state index is 12.8. The van der Waals surface area contributed by atoms with Crippen molar-refractivity contribution in [3.8, 4) is 5.75 Å². The van der Waals surface area contributed by atoms with Gasteiger partial charge in [-0.1, -0.05) is 11.6 Å². The molecule has 1 N–H and O–H groups in total. The highest BCUT2D eigenvalue weighted by atomic mass is 35.5. The maximum Gasteiger partial charge on any atom is 0.308 e. The van der Waals surface area contributed by atoms with Crippen LogP contribution in [0.15, 0.2) is 18.2 Å². The van der Waals surface area contributed by atoms with Gasteiger partial charge >= 0.3 is 5.97 Å². The maximum atomic E-state index is 12.8. The zero-order valence-electron chi connectivity index (χ0n) is 13.0. The molecule has 1 aromatic rings. The fourth-order valence-electron chi connectivity index (χ4n) is 3.38. The number of amides is 1. The topological polar surface area (TPSA) is 66.8 Å². The molecule has 0 unspecified atom stereocenters. The van der Waals surface area contributed by atoms with Crippen molar-refractivity contribution in [2.45, 2.75) is 19.8 Å². The van der Waals surface area contributed by atoms with E-state index in [-0.39, 0.29) is 18.4 Å². The van der Waals surface area contributed by atoms with E-state index in [0.717, 1.165) is 12.8 Å². The molecule has 1 amide bonds. The van der Waals surface area contributed by atoms with Crippen LogP contribution in [0.5, 0.6) is 5.75 Å². The number of ether oxygens (including phenoxy) is 1. The molecule has 0 spiro atoms. The van der Waals surface area contributed by atoms with Crippen LogP contribution in [0.25, 0.3) is 0 Å². The second kappa shape index (κ2) is 6.40. The van der Waals surface area contributed by atoms with E-state index in [9.17, 15) is 14.7 Å². The molecule has 0 aromatic heterocycles. The van der Waals surface area contributed by atoms with E-state index in [4.69, 9.17) is 16.3 Å². The molecule has 1 saturated carbocycles. The molecule has 1 saturated heterocycles. The second-order valence-electron chi connectivity index (χ2n) is 6.23. The summed E-state index contributed by atoms with van der Waals surface area (Å²) in [5.74, 6) is -0.483. The SMILES string of the molecule is CCOc1cc(Cl)ccc1C(=O)N1C[C@H](C(=O)O)[C@@H](C2CC2)C1. The number of aliphatic carboxylic acids is 1. The van der Waals surface area contributed by atoms with E-state index in [2.05, 4.69) is 0 Å². The quantitative estimate of drug-likeness (QED) is 0.897. The normalized spacial score (nSPS) is 23.8. The summed E-state index contributed by atoms with van der Waals surface area (Å²) in [5.41, 5.74) is 0.442. The van der Waals surface area contributed by atoms with E-state index in [1.54, 1.807) is 23.1 Å². The number of carboxylic acid groups (broad SMARTS) is 1. The zero-order chi connectivity index (χ0) is 16.6. The summed E-state index contributed by atoms with van der Waals surface area (Å²) in [6.07, 6.45) is 2.14. The molecule has 3 rings (SSSR count). The first kappa shape index (κ1) is 16.1. The van der Waals surface area contributed by atoms with Gasteiger partial charge < -0.3 is 14.7 Å². The minimum Gasteiger partial charge on any atom is -0.493 e. The average Bonchev–Trinajstić information content (AvgIpc) is 3.25. The van der Waals surface area contributed by atoms with E-state index in [0.29, 0.717) is 35.4 Å². The summed E-state index contributed by atoms with van der Waals surface area (Å²) in [4.78, 5) is 25.9. The minimum atomic E-state index is -0.807. The third kappa shape index (κ3) is 3.29. The number of hydrogen-bond donors (Lipinski definition) is 1. The van der Waals surface area contributed by atoms with E-state index in [1.807, 2.05) is 6.92 Å². The molecule has 1 aliphatic carbocycles. The number of halogens is 1. The van der Waals surface area contributed by atoms with Crippen molar-refractivity contribution < 1.29 is 19.4 Å². The van der Waals surface area contributed by atoms with Crippen molar-refractivity contribution in [1.82, 2.24) is 4.90 Å². The summed E-state index contributed by atoms with van der Waals surface area (Å²) in [7, 11) is 0. The monoisotopic (exact) mass is 337 g/mol. The predicted molar refractivity (Wildman–Crippen MR) is 85.9 cm³/mol. The molecule has 0 bridgehead atoms. The summed E-state index contributed by atoms with van der Waals surface area (Å²) in [5, 5.41) is 9.93. The van der Waals surface area contributed by atoms with Crippen LogP contribution in [0, 0.1) is 17.8 Å². The van der Waals surface area contributed by atoms with Gasteiger partial charge in [-0.2, -0.15) is 0 Å². The lowest BCUT2D eigenvalue weighted by atomic mass is 9.92. The van der Waals surface area contributed by atoms with Crippen molar-refractivity contribution in [2.24, 2.45) is 17.8 Å². The average molecular weight is 338 g/mol. The largest absolute Gasteiger partial charge is 0.493 e. The van der Waals surface area contributed by atoms with Gasteiger partial charge in [-0.3, -0.25) is 9.59 Å². The molecule has 2 aliphatic rings. The van der Waals surface area contributed by atoms with Crippen molar-refractivity contribution in [3.05, 3.63) is 28.8 Å². The number of carbonyl (C=O) groups is 2. The van der Waals surface area contributed by atoms with Gasteiger partial charge in [-0.05, 0) is 49.8 Å². The Balaban J connectivity index is 1.82. The van der Waals surface area contributed by atoms with E-state index >= 15 is 0 Å². The minimum absolute atomic E-state index is 0.0688. The van der Waals surface area contributed by atoms with Gasteiger partial charge in [-0.15, -0.1) is 0 Å². The number of hydrogen-bond acceptors (Lipinski definition) is 3. The van der Waals surface area contributed by atoms with Crippen LogP contribution >= 0.6 is 11.6 Å². The van der Waals surface area contributed by atoms with Crippen molar-refractivity contribution in [2.75, 3.05) is 19.7 Å². The van der Waals surface area contributed by atoms with Crippen LogP contribution in [0.1, 0.15) is 30.1 Å². The molecule has 6 heteroatoms. The highest BCUT2D eigenvalue weighted by molar-refractivity contribution is 6.30. The standard InChI is InChI=1S/C17H20ClNO4/c1-2-23-15-7-11(18)5-6-12(15)16(20)19-8-13(10-3-4-10)14(9-19)17(21)22/h5-7,10,13-14H,2-4,8-9H2,1H3,(H,21,22)/t13-,14+/m1/s1. The van der Waals surface area contributed by atoms with Crippen LogP contribution in [0.4, 0.5) is 0 Å². The molecule has 0 radical (unpaired) electrons. The molecule has 1 aliphatic heterocycles. The Morgan fingerprint density at radius 1 is 1.35 bits per heavy atom. The van der Waals surface area contributed by atoms with Gasteiger partial charge in [0.15, 0.2) is 0 Å². The Morgan fingerprint density at radius 2 is 2.09 bits per heavy atom.